The number of benzene rings is 2. The highest BCUT2D eigenvalue weighted by Crippen LogP contribution is 2.36. The third-order valence-corrected chi connectivity index (χ3v) is 5.88. The molecule has 2 aromatic carbocycles. The molecule has 144 valence electrons. The SMILES string of the molecule is Cc1ccccc1[C@@H]1CC(c2cccc(NS(C)(=O)=O)c2)=NN1S(C)(=O)=O. The van der Waals surface area contributed by atoms with Gasteiger partial charge in [-0.3, -0.25) is 4.72 Å². The number of hydrazone groups is 1. The maximum atomic E-state index is 12.3. The van der Waals surface area contributed by atoms with Crippen LogP contribution in [0.5, 0.6) is 0 Å². The quantitative estimate of drug-likeness (QED) is 0.824. The second-order valence-electron chi connectivity index (χ2n) is 6.61. The van der Waals surface area contributed by atoms with Crippen LogP contribution in [0.3, 0.4) is 0 Å². The molecule has 0 spiro atoms. The summed E-state index contributed by atoms with van der Waals surface area (Å²) in [6, 6.07) is 14.0. The molecule has 1 aliphatic rings. The Balaban J connectivity index is 2.00. The van der Waals surface area contributed by atoms with Gasteiger partial charge >= 0.3 is 0 Å². The van der Waals surface area contributed by atoms with Crippen molar-refractivity contribution in [3.05, 3.63) is 65.2 Å². The van der Waals surface area contributed by atoms with E-state index in [9.17, 15) is 16.8 Å². The van der Waals surface area contributed by atoms with Crippen molar-refractivity contribution in [3.63, 3.8) is 0 Å². The van der Waals surface area contributed by atoms with Gasteiger partial charge in [0.15, 0.2) is 0 Å². The average Bonchev–Trinajstić information content (AvgIpc) is 2.99. The van der Waals surface area contributed by atoms with Crippen molar-refractivity contribution in [1.82, 2.24) is 4.41 Å². The molecule has 2 aromatic rings. The van der Waals surface area contributed by atoms with Gasteiger partial charge in [0.25, 0.3) is 0 Å². The predicted molar refractivity (Wildman–Crippen MR) is 107 cm³/mol. The van der Waals surface area contributed by atoms with Gasteiger partial charge in [0.1, 0.15) is 0 Å². The summed E-state index contributed by atoms with van der Waals surface area (Å²) in [7, 11) is -6.97. The topological polar surface area (TPSA) is 95.9 Å². The lowest BCUT2D eigenvalue weighted by Crippen LogP contribution is -2.26. The van der Waals surface area contributed by atoms with Crippen LogP contribution >= 0.6 is 0 Å². The summed E-state index contributed by atoms with van der Waals surface area (Å²) in [5.41, 5.74) is 3.55. The molecule has 1 heterocycles. The molecule has 9 heteroatoms. The zero-order valence-corrected chi connectivity index (χ0v) is 16.9. The lowest BCUT2D eigenvalue weighted by atomic mass is 9.96. The first kappa shape index (κ1) is 19.4. The second-order valence-corrected chi connectivity index (χ2v) is 10.2. The molecule has 0 bridgehead atoms. The Bertz CT molecular complexity index is 1110. The molecular formula is C18H21N3O4S2. The van der Waals surface area contributed by atoms with Gasteiger partial charge in [0, 0.05) is 12.1 Å². The third-order valence-electron chi connectivity index (χ3n) is 4.26. The minimum atomic E-state index is -3.56. The Kier molecular flexibility index (Phi) is 5.00. The predicted octanol–water partition coefficient (Wildman–Crippen LogP) is 2.48. The molecule has 1 aliphatic heterocycles. The molecule has 0 aromatic heterocycles. The summed E-state index contributed by atoms with van der Waals surface area (Å²) in [5.74, 6) is 0. The van der Waals surface area contributed by atoms with E-state index in [4.69, 9.17) is 0 Å². The zero-order chi connectivity index (χ0) is 19.8. The first-order valence-electron chi connectivity index (χ1n) is 8.25. The smallest absolute Gasteiger partial charge is 0.247 e. The molecule has 0 saturated heterocycles. The summed E-state index contributed by atoms with van der Waals surface area (Å²) in [4.78, 5) is 0. The van der Waals surface area contributed by atoms with Gasteiger partial charge in [-0.1, -0.05) is 36.4 Å². The molecule has 0 unspecified atom stereocenters. The van der Waals surface area contributed by atoms with E-state index in [1.54, 1.807) is 24.3 Å². The maximum absolute atomic E-state index is 12.3. The Morgan fingerprint density at radius 2 is 1.74 bits per heavy atom. The van der Waals surface area contributed by atoms with Crippen molar-refractivity contribution in [1.29, 1.82) is 0 Å². The first-order chi connectivity index (χ1) is 12.5. The van der Waals surface area contributed by atoms with Gasteiger partial charge in [0.2, 0.25) is 20.0 Å². The molecule has 0 aliphatic carbocycles. The summed E-state index contributed by atoms with van der Waals surface area (Å²) in [6.45, 7) is 1.93. The van der Waals surface area contributed by atoms with Crippen LogP contribution in [0.4, 0.5) is 5.69 Å². The first-order valence-corrected chi connectivity index (χ1v) is 12.0. The molecule has 0 saturated carbocycles. The van der Waals surface area contributed by atoms with Crippen molar-refractivity contribution < 1.29 is 16.8 Å². The third kappa shape index (κ3) is 4.48. The lowest BCUT2D eigenvalue weighted by Gasteiger charge is -2.22. The van der Waals surface area contributed by atoms with Crippen LogP contribution in [0.15, 0.2) is 53.6 Å². The van der Waals surface area contributed by atoms with Crippen LogP contribution in [0.2, 0.25) is 0 Å². The molecule has 27 heavy (non-hydrogen) atoms. The maximum Gasteiger partial charge on any atom is 0.247 e. The monoisotopic (exact) mass is 407 g/mol. The van der Waals surface area contributed by atoms with E-state index in [2.05, 4.69) is 9.82 Å². The van der Waals surface area contributed by atoms with Crippen LogP contribution in [-0.2, 0) is 20.0 Å². The summed E-state index contributed by atoms with van der Waals surface area (Å²) in [5, 5.41) is 4.35. The number of rotatable bonds is 5. The van der Waals surface area contributed by atoms with Crippen LogP contribution < -0.4 is 4.72 Å². The molecule has 0 amide bonds. The molecule has 3 rings (SSSR count). The Morgan fingerprint density at radius 3 is 2.37 bits per heavy atom. The number of nitrogens with one attached hydrogen (secondary N) is 1. The number of anilines is 1. The minimum absolute atomic E-state index is 0.403. The molecule has 1 atom stereocenters. The number of nitrogens with zero attached hydrogens (tertiary/aromatic N) is 2. The van der Waals surface area contributed by atoms with E-state index < -0.39 is 26.1 Å². The van der Waals surface area contributed by atoms with Gasteiger partial charge < -0.3 is 0 Å². The molecule has 1 N–H and O–H groups in total. The minimum Gasteiger partial charge on any atom is -0.284 e. The largest absolute Gasteiger partial charge is 0.284 e. The van der Waals surface area contributed by atoms with E-state index in [0.29, 0.717) is 23.4 Å². The second kappa shape index (κ2) is 6.97. The fourth-order valence-corrected chi connectivity index (χ4v) is 4.59. The Morgan fingerprint density at radius 1 is 1.04 bits per heavy atom. The number of aryl methyl sites for hydroxylation is 1. The summed E-state index contributed by atoms with van der Waals surface area (Å²) in [6.07, 6.45) is 2.61. The van der Waals surface area contributed by atoms with Crippen molar-refractivity contribution in [2.45, 2.75) is 19.4 Å². The van der Waals surface area contributed by atoms with Crippen LogP contribution in [-0.4, -0.2) is 39.5 Å². The van der Waals surface area contributed by atoms with E-state index in [0.717, 1.165) is 28.1 Å². The summed E-state index contributed by atoms with van der Waals surface area (Å²) < 4.78 is 51.1. The van der Waals surface area contributed by atoms with E-state index >= 15 is 0 Å². The Hall–Kier alpha value is -2.39. The van der Waals surface area contributed by atoms with Crippen molar-refractivity contribution in [2.75, 3.05) is 17.2 Å². The number of hydrogen-bond acceptors (Lipinski definition) is 5. The normalized spacial score (nSPS) is 17.7. The Labute approximate surface area is 159 Å². The van der Waals surface area contributed by atoms with Gasteiger partial charge in [-0.25, -0.2) is 16.8 Å². The van der Waals surface area contributed by atoms with E-state index in [-0.39, 0.29) is 0 Å². The highest BCUT2D eigenvalue weighted by atomic mass is 32.2. The standard InChI is InChI=1S/C18H21N3O4S2/c1-13-7-4-5-10-16(13)18-12-17(19-21(18)27(3,24)25)14-8-6-9-15(11-14)20-26(2,22)23/h4-11,18,20H,12H2,1-3H3/t18-/m0/s1. The van der Waals surface area contributed by atoms with Gasteiger partial charge in [0.05, 0.1) is 24.3 Å². The van der Waals surface area contributed by atoms with Crippen LogP contribution in [0.1, 0.15) is 29.2 Å². The highest BCUT2D eigenvalue weighted by Gasteiger charge is 2.35. The number of sulfonamides is 2. The highest BCUT2D eigenvalue weighted by molar-refractivity contribution is 7.92. The van der Waals surface area contributed by atoms with Gasteiger partial charge in [-0.2, -0.15) is 9.52 Å². The fourth-order valence-electron chi connectivity index (χ4n) is 3.14. The molecule has 0 radical (unpaired) electrons. The molecular weight excluding hydrogens is 386 g/mol. The van der Waals surface area contributed by atoms with Crippen molar-refractivity contribution >= 4 is 31.4 Å². The lowest BCUT2D eigenvalue weighted by molar-refractivity contribution is 0.374. The molecule has 0 fully saturated rings. The van der Waals surface area contributed by atoms with Gasteiger partial charge in [-0.05, 0) is 35.7 Å². The average molecular weight is 408 g/mol. The van der Waals surface area contributed by atoms with Gasteiger partial charge in [-0.15, -0.1) is 0 Å². The molecule has 7 nitrogen and oxygen atoms in total. The van der Waals surface area contributed by atoms with Crippen molar-refractivity contribution in [3.8, 4) is 0 Å². The number of hydrogen-bond donors (Lipinski definition) is 1. The zero-order valence-electron chi connectivity index (χ0n) is 15.2. The van der Waals surface area contributed by atoms with Crippen molar-refractivity contribution in [2.24, 2.45) is 5.10 Å². The van der Waals surface area contributed by atoms with Crippen LogP contribution in [0, 0.1) is 6.92 Å². The van der Waals surface area contributed by atoms with Crippen LogP contribution in [0.25, 0.3) is 0 Å². The summed E-state index contributed by atoms with van der Waals surface area (Å²) >= 11 is 0. The fraction of sp³-hybridized carbons (Fsp3) is 0.278. The van der Waals surface area contributed by atoms with E-state index in [1.165, 1.54) is 0 Å². The van der Waals surface area contributed by atoms with E-state index in [1.807, 2.05) is 31.2 Å².